The van der Waals surface area contributed by atoms with Gasteiger partial charge in [-0.15, -0.1) is 0 Å². The Morgan fingerprint density at radius 2 is 1.49 bits per heavy atom. The summed E-state index contributed by atoms with van der Waals surface area (Å²) in [4.78, 5) is 4.68. The number of aromatic amines is 1. The standard InChI is InChI=1S/C42H45F5N3O2Si/c1-26-17-33-32-20-29(43)15-16-36(32)49-38(33)39(37-34(44)18-27(19-35(37)45)40(51-4)28-21-48-22-28)50(26)23-42(46,47)25-52-24-41(2,3)53(30-11-7-5-8-12-30)31-13-9-6-10-14-31/h5-16,18-20,26,28,39-40,48-49H,17,21-25H2,1-4H3/t26-,39-,40?/m1/s1. The highest BCUT2D eigenvalue weighted by Gasteiger charge is 2.45. The molecule has 2 aliphatic rings. The van der Waals surface area contributed by atoms with E-state index >= 15 is 17.6 Å². The zero-order chi connectivity index (χ0) is 37.5. The molecule has 1 fully saturated rings. The van der Waals surface area contributed by atoms with Crippen LogP contribution in [0.1, 0.15) is 55.3 Å². The van der Waals surface area contributed by atoms with Gasteiger partial charge in [0.15, 0.2) is 0 Å². The predicted molar refractivity (Wildman–Crippen MR) is 200 cm³/mol. The van der Waals surface area contributed by atoms with E-state index in [9.17, 15) is 4.39 Å². The van der Waals surface area contributed by atoms with Crippen LogP contribution in [0.3, 0.4) is 0 Å². The average Bonchev–Trinajstić information content (AvgIpc) is 3.44. The van der Waals surface area contributed by atoms with E-state index in [1.165, 1.54) is 36.3 Å². The molecule has 0 spiro atoms. The molecule has 1 saturated heterocycles. The lowest BCUT2D eigenvalue weighted by atomic mass is 9.85. The molecular weight excluding hydrogens is 702 g/mol. The number of nitrogens with zero attached hydrogens (tertiary/aromatic N) is 1. The van der Waals surface area contributed by atoms with Crippen LogP contribution in [0.2, 0.25) is 5.04 Å². The van der Waals surface area contributed by atoms with Gasteiger partial charge in [-0.3, -0.25) is 4.90 Å². The third-order valence-electron chi connectivity index (χ3n) is 10.8. The molecule has 5 aromatic rings. The number of benzene rings is 4. The van der Waals surface area contributed by atoms with Crippen molar-refractivity contribution in [1.82, 2.24) is 15.2 Å². The first-order valence-corrected chi connectivity index (χ1v) is 19.6. The van der Waals surface area contributed by atoms with Crippen LogP contribution in [0.5, 0.6) is 0 Å². The van der Waals surface area contributed by atoms with Gasteiger partial charge in [-0.05, 0) is 59.8 Å². The van der Waals surface area contributed by atoms with E-state index in [0.717, 1.165) is 10.4 Å². The highest BCUT2D eigenvalue weighted by Crippen LogP contribution is 2.44. The van der Waals surface area contributed by atoms with E-state index in [2.05, 4.69) is 34.6 Å². The fourth-order valence-corrected chi connectivity index (χ4v) is 11.4. The van der Waals surface area contributed by atoms with Gasteiger partial charge in [-0.2, -0.15) is 0 Å². The minimum absolute atomic E-state index is 0.0485. The Balaban J connectivity index is 1.18. The Bertz CT molecular complexity index is 1980. The number of methoxy groups -OCH3 is 1. The van der Waals surface area contributed by atoms with Crippen molar-refractivity contribution in [3.63, 3.8) is 0 Å². The van der Waals surface area contributed by atoms with E-state index in [1.807, 2.05) is 50.2 Å². The Labute approximate surface area is 309 Å². The highest BCUT2D eigenvalue weighted by atomic mass is 28.3. The van der Waals surface area contributed by atoms with Gasteiger partial charge in [0.25, 0.3) is 5.92 Å². The lowest BCUT2D eigenvalue weighted by molar-refractivity contribution is -0.108. The molecule has 3 atom stereocenters. The molecule has 11 heteroatoms. The van der Waals surface area contributed by atoms with Crippen LogP contribution in [-0.2, 0) is 15.9 Å². The van der Waals surface area contributed by atoms with E-state index < -0.39 is 68.5 Å². The minimum atomic E-state index is -3.38. The monoisotopic (exact) mass is 746 g/mol. The Hall–Kier alpha value is -3.87. The Morgan fingerprint density at radius 3 is 2.06 bits per heavy atom. The maximum absolute atomic E-state index is 16.4. The maximum atomic E-state index is 16.4. The highest BCUT2D eigenvalue weighted by molar-refractivity contribution is 6.87. The third kappa shape index (κ3) is 7.59. The van der Waals surface area contributed by atoms with Gasteiger partial charge >= 0.3 is 0 Å². The van der Waals surface area contributed by atoms with E-state index in [4.69, 9.17) is 9.47 Å². The number of hydrogen-bond acceptors (Lipinski definition) is 4. The van der Waals surface area contributed by atoms with Crippen LogP contribution < -0.4 is 15.7 Å². The Morgan fingerprint density at radius 1 is 0.868 bits per heavy atom. The molecule has 7 rings (SSSR count). The molecular formula is C42H45F5N3O2Si. The lowest BCUT2D eigenvalue weighted by Gasteiger charge is -2.43. The second-order valence-corrected chi connectivity index (χ2v) is 18.4. The van der Waals surface area contributed by atoms with Crippen molar-refractivity contribution in [2.45, 2.75) is 56.3 Å². The molecule has 3 heterocycles. The Kier molecular flexibility index (Phi) is 10.7. The number of aromatic nitrogens is 1. The summed E-state index contributed by atoms with van der Waals surface area (Å²) in [6.07, 6.45) is -0.250. The molecule has 0 bridgehead atoms. The van der Waals surface area contributed by atoms with Crippen molar-refractivity contribution < 1.29 is 31.4 Å². The first-order valence-electron chi connectivity index (χ1n) is 18.1. The number of alkyl halides is 2. The summed E-state index contributed by atoms with van der Waals surface area (Å²) < 4.78 is 91.3. The molecule has 2 N–H and O–H groups in total. The topological polar surface area (TPSA) is 49.5 Å². The minimum Gasteiger partial charge on any atom is -0.376 e. The molecule has 279 valence electrons. The quantitative estimate of drug-likeness (QED) is 0.0965. The van der Waals surface area contributed by atoms with Gasteiger partial charge in [0, 0.05) is 54.3 Å². The molecule has 0 amide bonds. The maximum Gasteiger partial charge on any atom is 0.283 e. The molecule has 1 aromatic heterocycles. The zero-order valence-electron chi connectivity index (χ0n) is 30.4. The predicted octanol–water partition coefficient (Wildman–Crippen LogP) is 7.57. The third-order valence-corrected chi connectivity index (χ3v) is 14.1. The number of fused-ring (bicyclic) bond motifs is 3. The van der Waals surface area contributed by atoms with Crippen molar-refractivity contribution in [3.05, 3.63) is 131 Å². The van der Waals surface area contributed by atoms with Crippen molar-refractivity contribution in [3.8, 4) is 0 Å². The van der Waals surface area contributed by atoms with Crippen LogP contribution in [0.15, 0.2) is 91.0 Å². The lowest BCUT2D eigenvalue weighted by Crippen LogP contribution is -2.52. The second-order valence-electron chi connectivity index (χ2n) is 15.1. The van der Waals surface area contributed by atoms with E-state index in [0.29, 0.717) is 40.8 Å². The summed E-state index contributed by atoms with van der Waals surface area (Å²) in [5.74, 6) is -5.50. The van der Waals surface area contributed by atoms with Crippen molar-refractivity contribution >= 4 is 30.1 Å². The SMILES string of the molecule is COC(c1cc(F)c([C@@H]2c3[nH]c4ccc(F)cc4c3C[C@@H](C)N2CC(F)(F)COCC(C)(C)[Si](c2ccccc2)c2ccccc2)c(F)c1)C1CNC1. The number of ether oxygens (including phenoxy) is 2. The summed E-state index contributed by atoms with van der Waals surface area (Å²) in [7, 11) is 0.0502. The van der Waals surface area contributed by atoms with Crippen molar-refractivity contribution in [1.29, 1.82) is 0 Å². The summed E-state index contributed by atoms with van der Waals surface area (Å²) in [5.41, 5.74) is 1.60. The summed E-state index contributed by atoms with van der Waals surface area (Å²) >= 11 is 0. The van der Waals surface area contributed by atoms with E-state index in [1.54, 1.807) is 13.0 Å². The molecule has 1 radical (unpaired) electrons. The average molecular weight is 747 g/mol. The largest absolute Gasteiger partial charge is 0.376 e. The smallest absolute Gasteiger partial charge is 0.283 e. The molecule has 4 aromatic carbocycles. The number of hydrogen-bond donors (Lipinski definition) is 2. The van der Waals surface area contributed by atoms with Gasteiger partial charge in [0.1, 0.15) is 32.9 Å². The zero-order valence-corrected chi connectivity index (χ0v) is 31.4. The molecule has 2 aliphatic heterocycles. The fourth-order valence-electron chi connectivity index (χ4n) is 8.24. The molecule has 0 aliphatic carbocycles. The van der Waals surface area contributed by atoms with Crippen LogP contribution in [0.25, 0.3) is 10.9 Å². The molecule has 53 heavy (non-hydrogen) atoms. The van der Waals surface area contributed by atoms with Crippen molar-refractivity contribution in [2.75, 3.05) is 40.0 Å². The van der Waals surface area contributed by atoms with E-state index in [-0.39, 0.29) is 24.5 Å². The van der Waals surface area contributed by atoms with Crippen LogP contribution in [0, 0.1) is 23.4 Å². The first kappa shape index (κ1) is 37.4. The van der Waals surface area contributed by atoms with Crippen LogP contribution >= 0.6 is 0 Å². The number of rotatable bonds is 13. The molecule has 5 nitrogen and oxygen atoms in total. The van der Waals surface area contributed by atoms with Gasteiger partial charge in [-0.1, -0.05) is 84.9 Å². The fraction of sp³-hybridized carbons (Fsp3) is 0.381. The summed E-state index contributed by atoms with van der Waals surface area (Å²) in [5, 5.41) is 5.56. The number of H-pyrrole nitrogens is 1. The van der Waals surface area contributed by atoms with Gasteiger partial charge in [0.2, 0.25) is 0 Å². The summed E-state index contributed by atoms with van der Waals surface area (Å²) in [6, 6.07) is 25.1. The van der Waals surface area contributed by atoms with Gasteiger partial charge in [-0.25, -0.2) is 22.0 Å². The normalized spacial score (nSPS) is 19.1. The van der Waals surface area contributed by atoms with Gasteiger partial charge in [0.05, 0.1) is 25.3 Å². The number of nitrogens with one attached hydrogen (secondary N) is 2. The molecule has 0 saturated carbocycles. The number of halogens is 5. The second kappa shape index (κ2) is 15.1. The first-order chi connectivity index (χ1) is 25.4. The van der Waals surface area contributed by atoms with Crippen LogP contribution in [-0.4, -0.2) is 70.6 Å². The summed E-state index contributed by atoms with van der Waals surface area (Å²) in [6.45, 7) is 5.57. The molecule has 1 unspecified atom stereocenters. The van der Waals surface area contributed by atoms with Crippen molar-refractivity contribution in [2.24, 2.45) is 5.92 Å². The van der Waals surface area contributed by atoms with Gasteiger partial charge < -0.3 is 19.8 Å². The van der Waals surface area contributed by atoms with Crippen LogP contribution in [0.4, 0.5) is 22.0 Å².